The Bertz CT molecular complexity index is 228. The summed E-state index contributed by atoms with van der Waals surface area (Å²) in [5.74, 6) is -0.792. The first-order chi connectivity index (χ1) is 7.89. The number of ether oxygens (including phenoxy) is 1. The molecule has 6 nitrogen and oxygen atoms in total. The normalized spacial score (nSPS) is 7.65. The molecule has 0 aliphatic carbocycles. The van der Waals surface area contributed by atoms with Gasteiger partial charge in [-0.25, -0.2) is 9.59 Å². The van der Waals surface area contributed by atoms with Crippen molar-refractivity contribution in [3.8, 4) is 0 Å². The van der Waals surface area contributed by atoms with E-state index in [1.807, 2.05) is 14.1 Å². The number of nitrogens with one attached hydrogen (secondary N) is 2. The highest BCUT2D eigenvalue weighted by atomic mass is 16.7. The molecule has 0 aromatic carbocycles. The molecule has 0 unspecified atom stereocenters. The molecule has 0 atom stereocenters. The zero-order valence-corrected chi connectivity index (χ0v) is 11.2. The van der Waals surface area contributed by atoms with E-state index in [1.165, 1.54) is 7.11 Å². The molecule has 0 aromatic rings. The van der Waals surface area contributed by atoms with Crippen LogP contribution in [0.15, 0.2) is 25.3 Å². The molecule has 0 amide bonds. The van der Waals surface area contributed by atoms with Gasteiger partial charge in [-0.15, -0.1) is 5.06 Å². The van der Waals surface area contributed by atoms with Crippen LogP contribution in [0.3, 0.4) is 0 Å². The van der Waals surface area contributed by atoms with Crippen molar-refractivity contribution in [2.75, 3.05) is 35.3 Å². The molecule has 0 spiro atoms. The minimum absolute atomic E-state index is 0.394. The number of esters is 1. The van der Waals surface area contributed by atoms with Gasteiger partial charge in [-0.2, -0.15) is 0 Å². The van der Waals surface area contributed by atoms with Gasteiger partial charge in [0.25, 0.3) is 0 Å². The maximum absolute atomic E-state index is 10.3. The van der Waals surface area contributed by atoms with Crippen molar-refractivity contribution in [3.05, 3.63) is 25.3 Å². The fourth-order valence-electron chi connectivity index (χ4n) is 0.326. The number of methoxy groups -OCH3 is 1. The molecule has 0 fully saturated rings. The van der Waals surface area contributed by atoms with Crippen LogP contribution in [-0.2, 0) is 19.2 Å². The first-order valence-electron chi connectivity index (χ1n) is 4.82. The second kappa shape index (κ2) is 16.8. The highest BCUT2D eigenvalue weighted by molar-refractivity contribution is 5.81. The molecule has 0 saturated heterocycles. The smallest absolute Gasteiger partial charge is 0.389 e. The molecular weight excluding hydrogens is 224 g/mol. The van der Waals surface area contributed by atoms with Crippen molar-refractivity contribution in [1.82, 2.24) is 5.32 Å². The lowest BCUT2D eigenvalue weighted by molar-refractivity contribution is -1.04. The van der Waals surface area contributed by atoms with Gasteiger partial charge in [0, 0.05) is 12.2 Å². The van der Waals surface area contributed by atoms with Crippen molar-refractivity contribution in [1.29, 1.82) is 0 Å². The summed E-state index contributed by atoms with van der Waals surface area (Å²) in [6.07, 6.45) is 2.24. The zero-order chi connectivity index (χ0) is 14.3. The van der Waals surface area contributed by atoms with E-state index in [9.17, 15) is 9.59 Å². The Balaban J connectivity index is -0.000000193. The van der Waals surface area contributed by atoms with E-state index in [1.54, 1.807) is 14.1 Å². The lowest BCUT2D eigenvalue weighted by atomic mass is 10.7. The van der Waals surface area contributed by atoms with Crippen molar-refractivity contribution in [2.45, 2.75) is 0 Å². The second-order valence-electron chi connectivity index (χ2n) is 2.76. The van der Waals surface area contributed by atoms with Crippen LogP contribution in [0.2, 0.25) is 0 Å². The van der Waals surface area contributed by atoms with Crippen molar-refractivity contribution < 1.29 is 24.2 Å². The molecule has 17 heavy (non-hydrogen) atoms. The molecule has 0 aliphatic rings. The molecule has 0 rings (SSSR count). The average molecular weight is 247 g/mol. The van der Waals surface area contributed by atoms with Gasteiger partial charge in [0.05, 0.1) is 7.11 Å². The molecule has 0 aliphatic heterocycles. The standard InChI is InChI=1S/C5H9NO2.C4H6O2.C2H7N/c1-4-5(7)8-6(2)3;1-3-4(5)6-2;1-3-2/h4H,1H2,2-3H3;3H,1H2,2H3;3H,1-2H3/p+1. The third kappa shape index (κ3) is 31.4. The number of hydroxylamine groups is 2. The van der Waals surface area contributed by atoms with E-state index in [0.717, 1.165) is 12.2 Å². The number of quaternary nitrogens is 1. The summed E-state index contributed by atoms with van der Waals surface area (Å²) in [6.45, 7) is 6.38. The van der Waals surface area contributed by atoms with Crippen LogP contribution in [0.5, 0.6) is 0 Å². The Labute approximate surface area is 103 Å². The van der Waals surface area contributed by atoms with Crippen LogP contribution in [0.1, 0.15) is 0 Å². The van der Waals surface area contributed by atoms with Crippen LogP contribution in [0, 0.1) is 0 Å². The van der Waals surface area contributed by atoms with Gasteiger partial charge in [-0.05, 0) is 14.1 Å². The lowest BCUT2D eigenvalue weighted by Crippen LogP contribution is -3.05. The fraction of sp³-hybridized carbons (Fsp3) is 0.455. The third-order valence-corrected chi connectivity index (χ3v) is 0.839. The van der Waals surface area contributed by atoms with Gasteiger partial charge in [0.15, 0.2) is 0 Å². The lowest BCUT2D eigenvalue weighted by Gasteiger charge is -2.01. The SMILES string of the molecule is C=CC(=O)OC.C=CC(=O)O[NH+](C)C.CNC. The van der Waals surface area contributed by atoms with Crippen LogP contribution < -0.4 is 10.4 Å². The predicted molar refractivity (Wildman–Crippen MR) is 66.3 cm³/mol. The summed E-state index contributed by atoms with van der Waals surface area (Å²) in [5.41, 5.74) is 0. The number of rotatable bonds is 3. The average Bonchev–Trinajstić information content (AvgIpc) is 2.29. The van der Waals surface area contributed by atoms with Crippen molar-refractivity contribution >= 4 is 11.9 Å². The van der Waals surface area contributed by atoms with Gasteiger partial charge in [-0.3, -0.25) is 4.84 Å². The van der Waals surface area contributed by atoms with Gasteiger partial charge in [-0.1, -0.05) is 13.2 Å². The van der Waals surface area contributed by atoms with Crippen molar-refractivity contribution in [3.63, 3.8) is 0 Å². The number of hydrogen-bond donors (Lipinski definition) is 2. The molecule has 0 saturated carbocycles. The monoisotopic (exact) mass is 247 g/mol. The summed E-state index contributed by atoms with van der Waals surface area (Å²) < 4.78 is 4.14. The minimum Gasteiger partial charge on any atom is -0.466 e. The Morgan fingerprint density at radius 3 is 1.53 bits per heavy atom. The summed E-state index contributed by atoms with van der Waals surface area (Å²) in [7, 11) is 8.48. The minimum atomic E-state index is -0.398. The van der Waals surface area contributed by atoms with Crippen LogP contribution in [0.4, 0.5) is 0 Å². The molecule has 100 valence electrons. The van der Waals surface area contributed by atoms with E-state index < -0.39 is 11.9 Å². The molecule has 0 bridgehead atoms. The maximum atomic E-state index is 10.3. The Morgan fingerprint density at radius 1 is 1.12 bits per heavy atom. The van der Waals surface area contributed by atoms with Crippen LogP contribution in [-0.4, -0.2) is 47.2 Å². The highest BCUT2D eigenvalue weighted by Gasteiger charge is 1.98. The molecular formula is C11H23N2O4+. The summed E-state index contributed by atoms with van der Waals surface area (Å²) in [6, 6.07) is 0. The first-order valence-corrected chi connectivity index (χ1v) is 4.82. The summed E-state index contributed by atoms with van der Waals surface area (Å²) in [5, 5.41) is 3.38. The van der Waals surface area contributed by atoms with Gasteiger partial charge >= 0.3 is 11.9 Å². The Kier molecular flexibility index (Phi) is 20.4. The molecule has 0 radical (unpaired) electrons. The largest absolute Gasteiger partial charge is 0.466 e. The highest BCUT2D eigenvalue weighted by Crippen LogP contribution is 1.67. The molecule has 6 heteroatoms. The zero-order valence-electron chi connectivity index (χ0n) is 11.2. The van der Waals surface area contributed by atoms with E-state index in [-0.39, 0.29) is 0 Å². The summed E-state index contributed by atoms with van der Waals surface area (Å²) in [4.78, 5) is 24.7. The molecule has 0 aromatic heterocycles. The topological polar surface area (TPSA) is 69.1 Å². The molecule has 2 N–H and O–H groups in total. The second-order valence-corrected chi connectivity index (χ2v) is 2.76. The number of carbonyl (C=O) groups excluding carboxylic acids is 2. The van der Waals surface area contributed by atoms with Gasteiger partial charge < -0.3 is 10.1 Å². The first kappa shape index (κ1) is 20.7. The third-order valence-electron chi connectivity index (χ3n) is 0.839. The predicted octanol–water partition coefficient (Wildman–Crippen LogP) is -1.04. The van der Waals surface area contributed by atoms with E-state index in [0.29, 0.717) is 5.06 Å². The van der Waals surface area contributed by atoms with E-state index >= 15 is 0 Å². The van der Waals surface area contributed by atoms with E-state index in [2.05, 4.69) is 28.0 Å². The van der Waals surface area contributed by atoms with Gasteiger partial charge in [0.2, 0.25) is 0 Å². The number of hydrogen-bond acceptors (Lipinski definition) is 5. The van der Waals surface area contributed by atoms with Gasteiger partial charge in [0.1, 0.15) is 14.1 Å². The molecule has 0 heterocycles. The Hall–Kier alpha value is -1.66. The Morgan fingerprint density at radius 2 is 1.47 bits per heavy atom. The van der Waals surface area contributed by atoms with E-state index in [4.69, 9.17) is 0 Å². The quantitative estimate of drug-likeness (QED) is 0.379. The van der Waals surface area contributed by atoms with Crippen molar-refractivity contribution in [2.24, 2.45) is 0 Å². The maximum Gasteiger partial charge on any atom is 0.389 e. The summed E-state index contributed by atoms with van der Waals surface area (Å²) >= 11 is 0. The number of carbonyl (C=O) groups is 2. The van der Waals surface area contributed by atoms with Crippen LogP contribution >= 0.6 is 0 Å². The fourth-order valence-corrected chi connectivity index (χ4v) is 0.326. The van der Waals surface area contributed by atoms with Crippen LogP contribution in [0.25, 0.3) is 0 Å².